The first-order valence-corrected chi connectivity index (χ1v) is 20.5. The molecule has 2 aliphatic heterocycles. The second kappa shape index (κ2) is 16.8. The predicted octanol–water partition coefficient (Wildman–Crippen LogP) is 7.81. The Hall–Kier alpha value is -5.75. The van der Waals surface area contributed by atoms with E-state index in [4.69, 9.17) is 20.4 Å². The van der Waals surface area contributed by atoms with E-state index in [-0.39, 0.29) is 42.0 Å². The van der Waals surface area contributed by atoms with Crippen LogP contribution in [0.2, 0.25) is 0 Å². The van der Waals surface area contributed by atoms with Crippen LogP contribution in [-0.2, 0) is 14.3 Å². The predicted molar refractivity (Wildman–Crippen MR) is 218 cm³/mol. The van der Waals surface area contributed by atoms with Gasteiger partial charge in [0.2, 0.25) is 11.8 Å². The number of nitrogens with one attached hydrogen (secondary N) is 2. The molecule has 1 saturated carbocycles. The normalized spacial score (nSPS) is 21.3. The van der Waals surface area contributed by atoms with Gasteiger partial charge in [0.25, 0.3) is 0 Å². The third kappa shape index (κ3) is 7.96. The van der Waals surface area contributed by atoms with E-state index in [0.29, 0.717) is 25.8 Å². The fourth-order valence-corrected chi connectivity index (χ4v) is 9.18. The molecule has 0 spiro atoms. The maximum absolute atomic E-state index is 14.2. The van der Waals surface area contributed by atoms with E-state index in [1.54, 1.807) is 0 Å². The number of ether oxygens (including phenoxy) is 1. The molecule has 12 nitrogen and oxygen atoms in total. The van der Waals surface area contributed by atoms with Gasteiger partial charge in [-0.1, -0.05) is 92.7 Å². The summed E-state index contributed by atoms with van der Waals surface area (Å²) in [6.45, 7) is 7.22. The second-order valence-corrected chi connectivity index (χ2v) is 15.5. The topological polar surface area (TPSA) is 154 Å². The SMILES string of the molecule is CCN(CC)[C@@H](C(=O)N1CCC[C@H]1c1ncc(-c2ccc(-c3ccc(-c4cnc([C@@H]5CCCN5C(=O)[C@H]5CC[C@@H](OC(N)=O)C5)[nH]4)cc3)cc2)[nH]1)c1ccccc1. The molecule has 5 aromatic rings. The average Bonchev–Trinajstić information content (AvgIpc) is 4.09. The Morgan fingerprint density at radius 2 is 1.26 bits per heavy atom. The molecule has 8 rings (SSSR count). The first kappa shape index (κ1) is 38.1. The fraction of sp³-hybridized carbons (Fsp3) is 0.400. The van der Waals surface area contributed by atoms with Gasteiger partial charge in [0.05, 0.1) is 35.9 Å². The number of likely N-dealkylation sites (N-methyl/N-ethyl adjacent to an activating group) is 1. The van der Waals surface area contributed by atoms with E-state index in [1.165, 1.54) is 0 Å². The van der Waals surface area contributed by atoms with Crippen molar-refractivity contribution in [3.05, 3.63) is 108 Å². The number of carbonyl (C=O) groups is 3. The third-order valence-corrected chi connectivity index (χ3v) is 12.2. The molecule has 0 bridgehead atoms. The summed E-state index contributed by atoms with van der Waals surface area (Å²) in [6, 6.07) is 26.5. The highest BCUT2D eigenvalue weighted by atomic mass is 16.6. The van der Waals surface area contributed by atoms with Crippen LogP contribution in [-0.4, -0.2) is 84.8 Å². The number of imidazole rings is 2. The molecule has 0 radical (unpaired) electrons. The number of hydrogen-bond donors (Lipinski definition) is 3. The van der Waals surface area contributed by atoms with E-state index in [1.807, 2.05) is 40.4 Å². The zero-order valence-electron chi connectivity index (χ0n) is 32.8. The second-order valence-electron chi connectivity index (χ2n) is 15.5. The molecule has 3 fully saturated rings. The maximum Gasteiger partial charge on any atom is 0.404 e. The van der Waals surface area contributed by atoms with E-state index in [2.05, 4.69) is 89.4 Å². The highest BCUT2D eigenvalue weighted by Crippen LogP contribution is 2.38. The molecule has 5 atom stereocenters. The summed E-state index contributed by atoms with van der Waals surface area (Å²) in [5.41, 5.74) is 12.3. The van der Waals surface area contributed by atoms with Crippen molar-refractivity contribution in [1.29, 1.82) is 0 Å². The van der Waals surface area contributed by atoms with Crippen molar-refractivity contribution in [2.24, 2.45) is 11.7 Å². The Labute approximate surface area is 333 Å². The number of nitrogens with two attached hydrogens (primary N) is 1. The highest BCUT2D eigenvalue weighted by Gasteiger charge is 2.40. The molecule has 3 aliphatic rings. The van der Waals surface area contributed by atoms with Crippen LogP contribution in [0.5, 0.6) is 0 Å². The summed E-state index contributed by atoms with van der Waals surface area (Å²) in [6.07, 6.45) is 8.12. The highest BCUT2D eigenvalue weighted by molar-refractivity contribution is 5.84. The van der Waals surface area contributed by atoms with Crippen molar-refractivity contribution >= 4 is 17.9 Å². The lowest BCUT2D eigenvalue weighted by atomic mass is 10.0. The van der Waals surface area contributed by atoms with Crippen LogP contribution in [0.4, 0.5) is 4.79 Å². The molecule has 2 saturated heterocycles. The zero-order valence-corrected chi connectivity index (χ0v) is 32.8. The number of likely N-dealkylation sites (tertiary alicyclic amines) is 2. The number of amides is 3. The summed E-state index contributed by atoms with van der Waals surface area (Å²) in [4.78, 5) is 61.7. The van der Waals surface area contributed by atoms with Gasteiger partial charge in [0.1, 0.15) is 23.8 Å². The molecule has 0 unspecified atom stereocenters. The Balaban J connectivity index is 0.913. The largest absolute Gasteiger partial charge is 0.446 e. The third-order valence-electron chi connectivity index (χ3n) is 12.2. The molecule has 12 heteroatoms. The molecule has 57 heavy (non-hydrogen) atoms. The standard InChI is InChI=1S/C45H52N8O4/c1-3-51(4-2)40(33-10-6-5-7-11-33)44(55)53-25-9-13-39(53)42-48-28-37(50-42)32-20-16-30(17-21-32)29-14-18-31(19-15-29)36-27-47-41(49-36)38-12-8-24-52(38)43(54)34-22-23-35(26-34)57-45(46)56/h5-7,10-11,14-21,27-28,34-35,38-40H,3-4,8-9,12-13,22-26H2,1-2H3,(H2,46,56)(H,47,49)(H,48,50)/t34-,35+,38-,39-,40+/m0/s1. The fourth-order valence-electron chi connectivity index (χ4n) is 9.18. The molecule has 296 valence electrons. The van der Waals surface area contributed by atoms with Gasteiger partial charge in [-0.2, -0.15) is 0 Å². The minimum Gasteiger partial charge on any atom is -0.446 e. The van der Waals surface area contributed by atoms with E-state index < -0.39 is 6.09 Å². The van der Waals surface area contributed by atoms with Gasteiger partial charge in [-0.05, 0) is 85.9 Å². The Bertz CT molecular complexity index is 2160. The van der Waals surface area contributed by atoms with Crippen molar-refractivity contribution in [1.82, 2.24) is 34.6 Å². The van der Waals surface area contributed by atoms with Crippen molar-refractivity contribution in [2.75, 3.05) is 26.2 Å². The molecular weight excluding hydrogens is 717 g/mol. The summed E-state index contributed by atoms with van der Waals surface area (Å²) < 4.78 is 5.16. The number of H-pyrrole nitrogens is 2. The van der Waals surface area contributed by atoms with Gasteiger partial charge in [-0.3, -0.25) is 14.5 Å². The van der Waals surface area contributed by atoms with Crippen molar-refractivity contribution in [2.45, 2.75) is 83.0 Å². The number of aromatic amines is 2. The molecule has 3 amide bonds. The Morgan fingerprint density at radius 3 is 1.81 bits per heavy atom. The summed E-state index contributed by atoms with van der Waals surface area (Å²) in [5.74, 6) is 1.69. The van der Waals surface area contributed by atoms with Crippen LogP contribution in [0.3, 0.4) is 0 Å². The van der Waals surface area contributed by atoms with Crippen LogP contribution in [0.1, 0.15) is 94.1 Å². The van der Waals surface area contributed by atoms with Gasteiger partial charge in [0.15, 0.2) is 0 Å². The number of benzene rings is 3. The van der Waals surface area contributed by atoms with Gasteiger partial charge in [-0.15, -0.1) is 0 Å². The van der Waals surface area contributed by atoms with Crippen LogP contribution in [0, 0.1) is 5.92 Å². The van der Waals surface area contributed by atoms with Crippen LogP contribution < -0.4 is 5.73 Å². The van der Waals surface area contributed by atoms with Crippen LogP contribution >= 0.6 is 0 Å². The minimum atomic E-state index is -0.785. The molecule has 3 aromatic carbocycles. The van der Waals surface area contributed by atoms with E-state index in [9.17, 15) is 14.4 Å². The molecule has 4 N–H and O–H groups in total. The number of carbonyl (C=O) groups excluding carboxylic acids is 3. The number of nitrogens with zero attached hydrogens (tertiary/aromatic N) is 5. The monoisotopic (exact) mass is 768 g/mol. The van der Waals surface area contributed by atoms with Crippen LogP contribution in [0.25, 0.3) is 33.6 Å². The molecule has 2 aromatic heterocycles. The van der Waals surface area contributed by atoms with Gasteiger partial charge in [0, 0.05) is 19.0 Å². The smallest absolute Gasteiger partial charge is 0.404 e. The summed E-state index contributed by atoms with van der Waals surface area (Å²) in [7, 11) is 0. The quantitative estimate of drug-likeness (QED) is 0.117. The Morgan fingerprint density at radius 1 is 0.737 bits per heavy atom. The van der Waals surface area contributed by atoms with Crippen LogP contribution in [0.15, 0.2) is 91.3 Å². The number of hydrogen-bond acceptors (Lipinski definition) is 7. The van der Waals surface area contributed by atoms with E-state index >= 15 is 0 Å². The first-order valence-electron chi connectivity index (χ1n) is 20.5. The van der Waals surface area contributed by atoms with Gasteiger partial charge < -0.3 is 30.2 Å². The van der Waals surface area contributed by atoms with Gasteiger partial charge in [-0.25, -0.2) is 14.8 Å². The minimum absolute atomic E-state index is 0.0902. The van der Waals surface area contributed by atoms with Crippen molar-refractivity contribution < 1.29 is 19.1 Å². The summed E-state index contributed by atoms with van der Waals surface area (Å²) in [5, 5.41) is 0. The lowest BCUT2D eigenvalue weighted by Gasteiger charge is -2.34. The molecular formula is C45H52N8O4. The first-order chi connectivity index (χ1) is 27.8. The van der Waals surface area contributed by atoms with Gasteiger partial charge >= 0.3 is 6.09 Å². The summed E-state index contributed by atoms with van der Waals surface area (Å²) >= 11 is 0. The number of primary amides is 1. The Kier molecular flexibility index (Phi) is 11.2. The molecule has 4 heterocycles. The average molecular weight is 769 g/mol. The maximum atomic E-state index is 14.2. The lowest BCUT2D eigenvalue weighted by molar-refractivity contribution is -0.138. The van der Waals surface area contributed by atoms with Crippen molar-refractivity contribution in [3.8, 4) is 33.6 Å². The number of rotatable bonds is 12. The lowest BCUT2D eigenvalue weighted by Crippen LogP contribution is -2.43. The number of aromatic nitrogens is 4. The molecule has 1 aliphatic carbocycles. The van der Waals surface area contributed by atoms with E-state index in [0.717, 1.165) is 96.2 Å². The van der Waals surface area contributed by atoms with Crippen molar-refractivity contribution in [3.63, 3.8) is 0 Å². The zero-order chi connectivity index (χ0) is 39.5.